The Labute approximate surface area is 121 Å². The third kappa shape index (κ3) is 2.52. The quantitative estimate of drug-likeness (QED) is 0.626. The second-order valence-corrected chi connectivity index (χ2v) is 5.50. The molecule has 0 aromatic carbocycles. The van der Waals surface area contributed by atoms with E-state index in [0.717, 1.165) is 20.2 Å². The predicted molar refractivity (Wildman–Crippen MR) is 77.9 cm³/mol. The molecule has 0 radical (unpaired) electrons. The topological polar surface area (TPSA) is 76.7 Å². The summed E-state index contributed by atoms with van der Waals surface area (Å²) < 4.78 is 1.71. The maximum atomic E-state index is 5.45. The van der Waals surface area contributed by atoms with Crippen molar-refractivity contribution >= 4 is 37.7 Å². The summed E-state index contributed by atoms with van der Waals surface area (Å²) in [7, 11) is 0. The summed E-state index contributed by atoms with van der Waals surface area (Å²) in [4.78, 5) is 13.1. The van der Waals surface area contributed by atoms with Gasteiger partial charge in [0.05, 0.1) is 0 Å². The molecule has 0 amide bonds. The monoisotopic (exact) mass is 371 g/mol. The first kappa shape index (κ1) is 13.4. The molecule has 2 rings (SSSR count). The highest BCUT2D eigenvalue weighted by Gasteiger charge is 2.12. The number of aromatic nitrogens is 3. The van der Waals surface area contributed by atoms with Crippen LogP contribution in [0.4, 0.5) is 5.82 Å². The molecule has 2 aromatic rings. The average Bonchev–Trinajstić information content (AvgIpc) is 2.32. The Hall–Kier alpha value is -1.05. The zero-order valence-electron chi connectivity index (χ0n) is 9.83. The summed E-state index contributed by atoms with van der Waals surface area (Å²) in [6.07, 6.45) is 1.70. The molecule has 0 unspecified atom stereocenters. The first-order chi connectivity index (χ1) is 8.52. The Kier molecular flexibility index (Phi) is 3.94. The van der Waals surface area contributed by atoms with Crippen molar-refractivity contribution in [3.05, 3.63) is 32.5 Å². The molecule has 7 heteroatoms. The van der Waals surface area contributed by atoms with Crippen LogP contribution >= 0.6 is 31.9 Å². The van der Waals surface area contributed by atoms with Crippen molar-refractivity contribution in [2.75, 3.05) is 5.43 Å². The Bertz CT molecular complexity index is 600. The van der Waals surface area contributed by atoms with Gasteiger partial charge in [-0.15, -0.1) is 0 Å². The van der Waals surface area contributed by atoms with Crippen LogP contribution in [0.3, 0.4) is 0 Å². The molecule has 5 nitrogen and oxygen atoms in total. The third-order valence-corrected chi connectivity index (χ3v) is 3.58. The number of pyridine rings is 1. The summed E-state index contributed by atoms with van der Waals surface area (Å²) in [5, 5.41) is 0. The smallest absolute Gasteiger partial charge is 0.181 e. The van der Waals surface area contributed by atoms with E-state index in [1.807, 2.05) is 19.9 Å². The number of hydrogen-bond acceptors (Lipinski definition) is 5. The lowest BCUT2D eigenvalue weighted by Gasteiger charge is -2.10. The van der Waals surface area contributed by atoms with Gasteiger partial charge in [-0.1, -0.05) is 0 Å². The van der Waals surface area contributed by atoms with E-state index in [9.17, 15) is 0 Å². The molecule has 2 aromatic heterocycles. The van der Waals surface area contributed by atoms with Crippen LogP contribution in [-0.2, 0) is 0 Å². The Morgan fingerprint density at radius 1 is 1.22 bits per heavy atom. The van der Waals surface area contributed by atoms with E-state index in [4.69, 9.17) is 5.84 Å². The molecule has 0 fully saturated rings. The minimum atomic E-state index is 0.533. The largest absolute Gasteiger partial charge is 0.308 e. The molecule has 2 heterocycles. The summed E-state index contributed by atoms with van der Waals surface area (Å²) in [6, 6.07) is 1.90. The van der Waals surface area contributed by atoms with Crippen LogP contribution in [0, 0.1) is 13.8 Å². The Morgan fingerprint density at radius 3 is 2.56 bits per heavy atom. The predicted octanol–water partition coefficient (Wildman–Crippen LogP) is 2.97. The molecular weight excluding hydrogens is 362 g/mol. The van der Waals surface area contributed by atoms with Gasteiger partial charge in [-0.25, -0.2) is 15.8 Å². The van der Waals surface area contributed by atoms with Gasteiger partial charge in [0.15, 0.2) is 5.82 Å². The van der Waals surface area contributed by atoms with E-state index < -0.39 is 0 Å². The fourth-order valence-corrected chi connectivity index (χ4v) is 2.62. The molecule has 18 heavy (non-hydrogen) atoms. The lowest BCUT2D eigenvalue weighted by atomic mass is 10.2. The van der Waals surface area contributed by atoms with Gasteiger partial charge in [-0.3, -0.25) is 4.98 Å². The number of nitrogens with two attached hydrogens (primary N) is 1. The minimum absolute atomic E-state index is 0.533. The second-order valence-electron chi connectivity index (χ2n) is 3.73. The molecular formula is C11H11Br2N5. The summed E-state index contributed by atoms with van der Waals surface area (Å²) in [5.41, 5.74) is 5.04. The van der Waals surface area contributed by atoms with Crippen LogP contribution in [0.5, 0.6) is 0 Å². The number of hydrogen-bond donors (Lipinski definition) is 2. The van der Waals surface area contributed by atoms with Crippen molar-refractivity contribution in [2.24, 2.45) is 5.84 Å². The van der Waals surface area contributed by atoms with Crippen molar-refractivity contribution in [3.8, 4) is 11.5 Å². The number of nitrogens with one attached hydrogen (secondary N) is 1. The van der Waals surface area contributed by atoms with Crippen molar-refractivity contribution in [3.63, 3.8) is 0 Å². The van der Waals surface area contributed by atoms with Crippen LogP contribution in [0.15, 0.2) is 21.2 Å². The average molecular weight is 373 g/mol. The summed E-state index contributed by atoms with van der Waals surface area (Å²) >= 11 is 6.81. The van der Waals surface area contributed by atoms with Crippen molar-refractivity contribution < 1.29 is 0 Å². The molecule has 0 aliphatic heterocycles. The molecule has 0 atom stereocenters. The zero-order valence-corrected chi connectivity index (χ0v) is 13.0. The third-order valence-electron chi connectivity index (χ3n) is 2.55. The van der Waals surface area contributed by atoms with Gasteiger partial charge in [-0.2, -0.15) is 0 Å². The zero-order chi connectivity index (χ0) is 13.3. The van der Waals surface area contributed by atoms with E-state index in [2.05, 4.69) is 52.2 Å². The fourth-order valence-electron chi connectivity index (χ4n) is 1.45. The van der Waals surface area contributed by atoms with Crippen molar-refractivity contribution in [1.29, 1.82) is 0 Å². The molecule has 0 spiro atoms. The Morgan fingerprint density at radius 2 is 1.94 bits per heavy atom. The minimum Gasteiger partial charge on any atom is -0.308 e. The summed E-state index contributed by atoms with van der Waals surface area (Å²) in [5.74, 6) is 6.59. The number of aryl methyl sites for hydroxylation is 1. The van der Waals surface area contributed by atoms with Gasteiger partial charge in [0.1, 0.15) is 11.5 Å². The fraction of sp³-hybridized carbons (Fsp3) is 0.182. The van der Waals surface area contributed by atoms with Crippen molar-refractivity contribution in [2.45, 2.75) is 13.8 Å². The van der Waals surface area contributed by atoms with E-state index in [1.165, 1.54) is 0 Å². The van der Waals surface area contributed by atoms with Crippen LogP contribution in [0.25, 0.3) is 11.5 Å². The highest BCUT2D eigenvalue weighted by atomic mass is 79.9. The standard InChI is InChI=1S/C11H11Br2N5/c1-5-6(2)16-11(17-10(5)18-14)9-8(13)3-7(12)4-15-9/h3-4H,14H2,1-2H3,(H,16,17,18). The van der Waals surface area contributed by atoms with E-state index in [0.29, 0.717) is 17.3 Å². The molecule has 3 N–H and O–H groups in total. The maximum absolute atomic E-state index is 5.45. The number of halogens is 2. The normalized spacial score (nSPS) is 10.5. The SMILES string of the molecule is Cc1nc(-c2ncc(Br)cc2Br)nc(NN)c1C. The van der Waals surface area contributed by atoms with Gasteiger partial charge in [-0.05, 0) is 51.8 Å². The van der Waals surface area contributed by atoms with Crippen LogP contribution in [-0.4, -0.2) is 15.0 Å². The van der Waals surface area contributed by atoms with Gasteiger partial charge in [0.2, 0.25) is 0 Å². The van der Waals surface area contributed by atoms with E-state index in [1.54, 1.807) is 6.20 Å². The highest BCUT2D eigenvalue weighted by molar-refractivity contribution is 9.11. The maximum Gasteiger partial charge on any atom is 0.181 e. The molecule has 0 aliphatic carbocycles. The van der Waals surface area contributed by atoms with Crippen LogP contribution in [0.2, 0.25) is 0 Å². The molecule has 0 bridgehead atoms. The lowest BCUT2D eigenvalue weighted by molar-refractivity contribution is 1.04. The van der Waals surface area contributed by atoms with Gasteiger partial charge < -0.3 is 5.43 Å². The van der Waals surface area contributed by atoms with Crippen LogP contribution < -0.4 is 11.3 Å². The van der Waals surface area contributed by atoms with Gasteiger partial charge in [0.25, 0.3) is 0 Å². The van der Waals surface area contributed by atoms with Crippen molar-refractivity contribution in [1.82, 2.24) is 15.0 Å². The van der Waals surface area contributed by atoms with Crippen LogP contribution in [0.1, 0.15) is 11.3 Å². The molecule has 0 saturated carbocycles. The molecule has 0 aliphatic rings. The highest BCUT2D eigenvalue weighted by Crippen LogP contribution is 2.28. The number of anilines is 1. The number of rotatable bonds is 2. The van der Waals surface area contributed by atoms with E-state index >= 15 is 0 Å². The van der Waals surface area contributed by atoms with E-state index in [-0.39, 0.29) is 0 Å². The first-order valence-corrected chi connectivity index (χ1v) is 6.74. The first-order valence-electron chi connectivity index (χ1n) is 5.16. The molecule has 0 saturated heterocycles. The Balaban J connectivity index is 2.60. The van der Waals surface area contributed by atoms with Gasteiger partial charge in [0, 0.05) is 26.4 Å². The number of nitrogen functional groups attached to an aromatic ring is 1. The number of hydrazine groups is 1. The lowest BCUT2D eigenvalue weighted by Crippen LogP contribution is -2.12. The van der Waals surface area contributed by atoms with Gasteiger partial charge >= 0.3 is 0 Å². The second kappa shape index (κ2) is 5.29. The summed E-state index contributed by atoms with van der Waals surface area (Å²) in [6.45, 7) is 3.83. The number of nitrogens with zero attached hydrogens (tertiary/aromatic N) is 3. The molecule has 94 valence electrons.